The van der Waals surface area contributed by atoms with Crippen LogP contribution < -0.4 is 5.32 Å². The van der Waals surface area contributed by atoms with E-state index in [1.807, 2.05) is 12.1 Å². The molecular formula is C22H24FN3O2. The largest absolute Gasteiger partial charge is 0.486 e. The number of fused-ring (bicyclic) bond motifs is 2. The third kappa shape index (κ3) is 3.40. The first-order valence-corrected chi connectivity index (χ1v) is 9.80. The van der Waals surface area contributed by atoms with E-state index in [2.05, 4.69) is 24.1 Å². The fourth-order valence-electron chi connectivity index (χ4n) is 3.82. The summed E-state index contributed by atoms with van der Waals surface area (Å²) in [6.07, 6.45) is 1.96. The van der Waals surface area contributed by atoms with E-state index in [4.69, 9.17) is 9.72 Å². The molecule has 1 aromatic carbocycles. The van der Waals surface area contributed by atoms with Crippen LogP contribution in [0.3, 0.4) is 0 Å². The molecule has 1 aromatic heterocycles. The van der Waals surface area contributed by atoms with Gasteiger partial charge in [0.2, 0.25) is 0 Å². The van der Waals surface area contributed by atoms with Gasteiger partial charge in [-0.15, -0.1) is 0 Å². The van der Waals surface area contributed by atoms with Gasteiger partial charge >= 0.3 is 0 Å². The van der Waals surface area contributed by atoms with Crippen LogP contribution in [-0.4, -0.2) is 35.4 Å². The number of halogens is 1. The van der Waals surface area contributed by atoms with Gasteiger partial charge < -0.3 is 15.0 Å². The number of benzene rings is 1. The minimum absolute atomic E-state index is 0.272. The molecule has 0 aliphatic carbocycles. The van der Waals surface area contributed by atoms with Gasteiger partial charge in [0.15, 0.2) is 0 Å². The zero-order valence-electron chi connectivity index (χ0n) is 16.2. The van der Waals surface area contributed by atoms with Crippen molar-refractivity contribution in [3.63, 3.8) is 0 Å². The van der Waals surface area contributed by atoms with Crippen LogP contribution in [0.25, 0.3) is 11.3 Å². The van der Waals surface area contributed by atoms with Gasteiger partial charge in [0, 0.05) is 22.5 Å². The SMILES string of the molecule is CCN(CC)CCCc1ccc2c(n1)COC2=C1C(=O)Nc2ccc(F)cc21. The summed E-state index contributed by atoms with van der Waals surface area (Å²) < 4.78 is 19.5. The molecule has 2 aromatic rings. The highest BCUT2D eigenvalue weighted by atomic mass is 19.1. The Hall–Kier alpha value is -2.73. The van der Waals surface area contributed by atoms with Gasteiger partial charge in [-0.2, -0.15) is 0 Å². The minimum Gasteiger partial charge on any atom is -0.486 e. The first-order valence-electron chi connectivity index (χ1n) is 9.80. The fraction of sp³-hybridized carbons (Fsp3) is 0.364. The molecule has 0 spiro atoms. The quantitative estimate of drug-likeness (QED) is 0.773. The van der Waals surface area contributed by atoms with Gasteiger partial charge in [0.1, 0.15) is 18.2 Å². The van der Waals surface area contributed by atoms with Crippen molar-refractivity contribution < 1.29 is 13.9 Å². The number of hydrogen-bond donors (Lipinski definition) is 1. The van der Waals surface area contributed by atoms with E-state index in [0.29, 0.717) is 29.2 Å². The number of aromatic nitrogens is 1. The van der Waals surface area contributed by atoms with Gasteiger partial charge in [0.25, 0.3) is 5.91 Å². The van der Waals surface area contributed by atoms with E-state index in [0.717, 1.165) is 49.4 Å². The van der Waals surface area contributed by atoms with Crippen molar-refractivity contribution in [1.29, 1.82) is 0 Å². The Labute approximate surface area is 164 Å². The number of pyridine rings is 1. The summed E-state index contributed by atoms with van der Waals surface area (Å²) in [5.74, 6) is -0.168. The first-order chi connectivity index (χ1) is 13.6. The Morgan fingerprint density at radius 2 is 2.00 bits per heavy atom. The lowest BCUT2D eigenvalue weighted by Crippen LogP contribution is -2.24. The second-order valence-electron chi connectivity index (χ2n) is 7.06. The molecule has 0 fully saturated rings. The lowest BCUT2D eigenvalue weighted by atomic mass is 10.0. The molecule has 6 heteroatoms. The molecule has 0 bridgehead atoms. The van der Waals surface area contributed by atoms with E-state index < -0.39 is 0 Å². The Bertz CT molecular complexity index is 951. The van der Waals surface area contributed by atoms with Gasteiger partial charge in [-0.3, -0.25) is 9.78 Å². The second-order valence-corrected chi connectivity index (χ2v) is 7.06. The average molecular weight is 381 g/mol. The van der Waals surface area contributed by atoms with Gasteiger partial charge in [-0.05, 0) is 62.8 Å². The van der Waals surface area contributed by atoms with Crippen LogP contribution in [0.4, 0.5) is 10.1 Å². The fourth-order valence-corrected chi connectivity index (χ4v) is 3.82. The summed E-state index contributed by atoms with van der Waals surface area (Å²) in [7, 11) is 0. The molecular weight excluding hydrogens is 357 g/mol. The van der Waals surface area contributed by atoms with Crippen molar-refractivity contribution in [2.24, 2.45) is 0 Å². The maximum atomic E-state index is 13.7. The average Bonchev–Trinajstić information content (AvgIpc) is 3.24. The predicted molar refractivity (Wildman–Crippen MR) is 107 cm³/mol. The van der Waals surface area contributed by atoms with Crippen molar-refractivity contribution >= 4 is 22.9 Å². The highest BCUT2D eigenvalue weighted by Crippen LogP contribution is 2.41. The number of ether oxygens (including phenoxy) is 1. The van der Waals surface area contributed by atoms with Crippen LogP contribution in [0.5, 0.6) is 0 Å². The lowest BCUT2D eigenvalue weighted by Gasteiger charge is -2.17. The van der Waals surface area contributed by atoms with Gasteiger partial charge in [-0.25, -0.2) is 4.39 Å². The molecule has 0 saturated carbocycles. The molecule has 2 aliphatic rings. The smallest absolute Gasteiger partial charge is 0.260 e. The van der Waals surface area contributed by atoms with Crippen molar-refractivity contribution in [3.05, 3.63) is 58.7 Å². The van der Waals surface area contributed by atoms with E-state index >= 15 is 0 Å². The Morgan fingerprint density at radius 3 is 2.79 bits per heavy atom. The minimum atomic E-state index is -0.381. The number of carbonyl (C=O) groups is 1. The summed E-state index contributed by atoms with van der Waals surface area (Å²) in [5, 5.41) is 2.77. The lowest BCUT2D eigenvalue weighted by molar-refractivity contribution is -0.110. The summed E-state index contributed by atoms with van der Waals surface area (Å²) in [6.45, 7) is 7.85. The molecule has 28 heavy (non-hydrogen) atoms. The van der Waals surface area contributed by atoms with Crippen molar-refractivity contribution in [2.45, 2.75) is 33.3 Å². The van der Waals surface area contributed by atoms with Crippen LogP contribution in [-0.2, 0) is 22.6 Å². The number of aryl methyl sites for hydroxylation is 1. The van der Waals surface area contributed by atoms with Gasteiger partial charge in [-0.1, -0.05) is 13.8 Å². The highest BCUT2D eigenvalue weighted by Gasteiger charge is 2.33. The summed E-state index contributed by atoms with van der Waals surface area (Å²) >= 11 is 0. The zero-order chi connectivity index (χ0) is 19.7. The van der Waals surface area contributed by atoms with Crippen LogP contribution >= 0.6 is 0 Å². The highest BCUT2D eigenvalue weighted by molar-refractivity contribution is 6.36. The Balaban J connectivity index is 1.59. The topological polar surface area (TPSA) is 54.5 Å². The number of hydrogen-bond acceptors (Lipinski definition) is 4. The number of anilines is 1. The molecule has 4 rings (SSSR count). The molecule has 0 saturated heterocycles. The molecule has 0 atom stereocenters. The standard InChI is InChI=1S/C22H24FN3O2/c1-3-26(4-2)11-5-6-15-8-9-16-19(24-15)13-28-21(16)20-17-12-14(23)7-10-18(17)25-22(20)27/h7-10,12H,3-6,11,13H2,1-2H3,(H,25,27). The molecule has 2 aliphatic heterocycles. The third-order valence-corrected chi connectivity index (χ3v) is 5.38. The number of carbonyl (C=O) groups excluding carboxylic acids is 1. The first kappa shape index (κ1) is 18.6. The van der Waals surface area contributed by atoms with Crippen LogP contribution in [0.2, 0.25) is 0 Å². The summed E-state index contributed by atoms with van der Waals surface area (Å²) in [4.78, 5) is 19.6. The Morgan fingerprint density at radius 1 is 1.18 bits per heavy atom. The molecule has 0 radical (unpaired) electrons. The number of nitrogens with one attached hydrogen (secondary N) is 1. The number of rotatable bonds is 6. The van der Waals surface area contributed by atoms with E-state index in [1.165, 1.54) is 12.1 Å². The molecule has 5 nitrogen and oxygen atoms in total. The maximum absolute atomic E-state index is 13.7. The molecule has 1 amide bonds. The maximum Gasteiger partial charge on any atom is 0.260 e. The summed E-state index contributed by atoms with van der Waals surface area (Å²) in [6, 6.07) is 8.24. The number of amides is 1. The monoisotopic (exact) mass is 381 g/mol. The number of nitrogens with zero attached hydrogens (tertiary/aromatic N) is 2. The van der Waals surface area contributed by atoms with E-state index in [1.54, 1.807) is 6.07 Å². The van der Waals surface area contributed by atoms with Crippen LogP contribution in [0, 0.1) is 5.82 Å². The van der Waals surface area contributed by atoms with Crippen molar-refractivity contribution in [1.82, 2.24) is 9.88 Å². The van der Waals surface area contributed by atoms with Crippen molar-refractivity contribution in [3.8, 4) is 0 Å². The molecule has 146 valence electrons. The molecule has 1 N–H and O–H groups in total. The van der Waals surface area contributed by atoms with Crippen LogP contribution in [0.1, 0.15) is 42.8 Å². The zero-order valence-corrected chi connectivity index (χ0v) is 16.2. The third-order valence-electron chi connectivity index (χ3n) is 5.38. The van der Waals surface area contributed by atoms with E-state index in [9.17, 15) is 9.18 Å². The van der Waals surface area contributed by atoms with Gasteiger partial charge in [0.05, 0.1) is 11.3 Å². The second kappa shape index (κ2) is 7.72. The normalized spacial score (nSPS) is 17.5. The summed E-state index contributed by atoms with van der Waals surface area (Å²) in [5.41, 5.74) is 4.20. The van der Waals surface area contributed by atoms with Crippen LogP contribution in [0.15, 0.2) is 30.3 Å². The molecule has 0 unspecified atom stereocenters. The van der Waals surface area contributed by atoms with Crippen molar-refractivity contribution in [2.75, 3.05) is 25.0 Å². The molecule has 3 heterocycles. The Kier molecular flexibility index (Phi) is 5.13. The van der Waals surface area contributed by atoms with E-state index in [-0.39, 0.29) is 11.7 Å². The predicted octanol–water partition coefficient (Wildman–Crippen LogP) is 3.85.